The third kappa shape index (κ3) is 2.49. The number of rotatable bonds is 2. The molecule has 1 saturated carbocycles. The minimum Gasteiger partial charge on any atom is -0.127 e. The second kappa shape index (κ2) is 4.23. The lowest BCUT2D eigenvalue weighted by atomic mass is 9.81. The van der Waals surface area contributed by atoms with Crippen LogP contribution in [0, 0.1) is 11.8 Å². The third-order valence-corrected chi connectivity index (χ3v) is 2.78. The van der Waals surface area contributed by atoms with Crippen LogP contribution in [0.5, 0.6) is 0 Å². The maximum atomic E-state index is 5.68. The van der Waals surface area contributed by atoms with Crippen molar-refractivity contribution in [3.05, 3.63) is 0 Å². The second-order valence-corrected chi connectivity index (χ2v) is 3.99. The SMILES string of the molecule is CC1CCCC(CCCl)C1. The van der Waals surface area contributed by atoms with Crippen molar-refractivity contribution in [3.63, 3.8) is 0 Å². The molecule has 0 spiro atoms. The molecule has 1 aliphatic carbocycles. The largest absolute Gasteiger partial charge is 0.127 e. The number of alkyl halides is 1. The van der Waals surface area contributed by atoms with E-state index in [1.807, 2.05) is 0 Å². The van der Waals surface area contributed by atoms with E-state index in [4.69, 9.17) is 11.6 Å². The molecule has 0 N–H and O–H groups in total. The van der Waals surface area contributed by atoms with Crippen LogP contribution < -0.4 is 0 Å². The molecule has 2 unspecified atom stereocenters. The third-order valence-electron chi connectivity index (χ3n) is 2.56. The zero-order valence-electron chi connectivity index (χ0n) is 6.78. The molecule has 0 bridgehead atoms. The second-order valence-electron chi connectivity index (χ2n) is 3.62. The average Bonchev–Trinajstić information content (AvgIpc) is 1.88. The first-order chi connectivity index (χ1) is 4.83. The van der Waals surface area contributed by atoms with Crippen LogP contribution in [0.15, 0.2) is 0 Å². The Labute approximate surface area is 69.0 Å². The maximum absolute atomic E-state index is 5.68. The standard InChI is InChI=1S/C9H17Cl/c1-8-3-2-4-9(7-8)5-6-10/h8-9H,2-7H2,1H3. The van der Waals surface area contributed by atoms with E-state index in [1.54, 1.807) is 0 Å². The van der Waals surface area contributed by atoms with Gasteiger partial charge in [-0.1, -0.05) is 26.2 Å². The van der Waals surface area contributed by atoms with Crippen molar-refractivity contribution in [1.82, 2.24) is 0 Å². The molecule has 1 heteroatoms. The monoisotopic (exact) mass is 160 g/mol. The Balaban J connectivity index is 2.18. The summed E-state index contributed by atoms with van der Waals surface area (Å²) < 4.78 is 0. The van der Waals surface area contributed by atoms with E-state index in [1.165, 1.54) is 32.1 Å². The summed E-state index contributed by atoms with van der Waals surface area (Å²) in [5.74, 6) is 2.76. The van der Waals surface area contributed by atoms with Crippen molar-refractivity contribution in [3.8, 4) is 0 Å². The highest BCUT2D eigenvalue weighted by Crippen LogP contribution is 2.30. The summed E-state index contributed by atoms with van der Waals surface area (Å²) in [6.07, 6.45) is 6.97. The lowest BCUT2D eigenvalue weighted by Gasteiger charge is -2.25. The Morgan fingerprint density at radius 1 is 1.40 bits per heavy atom. The van der Waals surface area contributed by atoms with Gasteiger partial charge < -0.3 is 0 Å². The molecule has 0 amide bonds. The van der Waals surface area contributed by atoms with Crippen LogP contribution in [-0.2, 0) is 0 Å². The van der Waals surface area contributed by atoms with E-state index in [-0.39, 0.29) is 0 Å². The highest BCUT2D eigenvalue weighted by Gasteiger charge is 2.17. The molecular formula is C9H17Cl. The summed E-state index contributed by atoms with van der Waals surface area (Å²) in [7, 11) is 0. The fourth-order valence-electron chi connectivity index (χ4n) is 1.98. The van der Waals surface area contributed by atoms with E-state index < -0.39 is 0 Å². The highest BCUT2D eigenvalue weighted by atomic mass is 35.5. The summed E-state index contributed by atoms with van der Waals surface area (Å²) in [5, 5.41) is 0. The Bertz CT molecular complexity index is 88.7. The van der Waals surface area contributed by atoms with Gasteiger partial charge >= 0.3 is 0 Å². The van der Waals surface area contributed by atoms with Crippen molar-refractivity contribution in [2.24, 2.45) is 11.8 Å². The van der Waals surface area contributed by atoms with Gasteiger partial charge in [-0.25, -0.2) is 0 Å². The predicted octanol–water partition coefficient (Wildman–Crippen LogP) is 3.44. The van der Waals surface area contributed by atoms with Crippen LogP contribution in [0.1, 0.15) is 39.0 Å². The van der Waals surface area contributed by atoms with E-state index >= 15 is 0 Å². The first-order valence-electron chi connectivity index (χ1n) is 4.39. The van der Waals surface area contributed by atoms with Gasteiger partial charge in [0.05, 0.1) is 0 Å². The van der Waals surface area contributed by atoms with Gasteiger partial charge in [-0.2, -0.15) is 0 Å². The minimum atomic E-state index is 0.859. The Hall–Kier alpha value is 0.290. The van der Waals surface area contributed by atoms with Gasteiger partial charge in [-0.05, 0) is 24.7 Å². The number of hydrogen-bond donors (Lipinski definition) is 0. The van der Waals surface area contributed by atoms with Crippen molar-refractivity contribution >= 4 is 11.6 Å². The summed E-state index contributed by atoms with van der Waals surface area (Å²) in [4.78, 5) is 0. The molecule has 0 nitrogen and oxygen atoms in total. The molecule has 0 aromatic carbocycles. The Morgan fingerprint density at radius 3 is 2.80 bits per heavy atom. The zero-order valence-corrected chi connectivity index (χ0v) is 7.53. The molecule has 60 valence electrons. The van der Waals surface area contributed by atoms with Gasteiger partial charge in [0, 0.05) is 5.88 Å². The normalized spacial score (nSPS) is 34.2. The summed E-state index contributed by atoms with van der Waals surface area (Å²) in [6.45, 7) is 2.36. The fraction of sp³-hybridized carbons (Fsp3) is 1.00. The predicted molar refractivity (Wildman–Crippen MR) is 46.5 cm³/mol. The van der Waals surface area contributed by atoms with Gasteiger partial charge in [-0.3, -0.25) is 0 Å². The first kappa shape index (κ1) is 8.39. The molecule has 0 aliphatic heterocycles. The fourth-order valence-corrected chi connectivity index (χ4v) is 2.28. The quantitative estimate of drug-likeness (QED) is 0.543. The molecular weight excluding hydrogens is 144 g/mol. The molecule has 2 atom stereocenters. The van der Waals surface area contributed by atoms with E-state index in [2.05, 4.69) is 6.92 Å². The van der Waals surface area contributed by atoms with Gasteiger partial charge in [0.1, 0.15) is 0 Å². The molecule has 0 radical (unpaired) electrons. The van der Waals surface area contributed by atoms with Crippen LogP contribution in [0.25, 0.3) is 0 Å². The molecule has 1 rings (SSSR count). The Kier molecular flexibility index (Phi) is 3.55. The summed E-state index contributed by atoms with van der Waals surface area (Å²) >= 11 is 5.68. The van der Waals surface area contributed by atoms with Gasteiger partial charge in [0.15, 0.2) is 0 Å². The lowest BCUT2D eigenvalue weighted by Crippen LogP contribution is -2.13. The first-order valence-corrected chi connectivity index (χ1v) is 4.92. The molecule has 1 aliphatic rings. The van der Waals surface area contributed by atoms with Gasteiger partial charge in [0.2, 0.25) is 0 Å². The molecule has 1 fully saturated rings. The zero-order chi connectivity index (χ0) is 7.40. The smallest absolute Gasteiger partial charge is 0.0226 e. The van der Waals surface area contributed by atoms with Crippen LogP contribution in [0.3, 0.4) is 0 Å². The van der Waals surface area contributed by atoms with Crippen molar-refractivity contribution in [2.75, 3.05) is 5.88 Å². The topological polar surface area (TPSA) is 0 Å². The molecule has 0 aromatic rings. The van der Waals surface area contributed by atoms with Crippen LogP contribution >= 0.6 is 11.6 Å². The van der Waals surface area contributed by atoms with E-state index in [0.717, 1.165) is 17.7 Å². The summed E-state index contributed by atoms with van der Waals surface area (Å²) in [6, 6.07) is 0. The number of hydrogen-bond acceptors (Lipinski definition) is 0. The molecule has 0 aromatic heterocycles. The Morgan fingerprint density at radius 2 is 2.20 bits per heavy atom. The van der Waals surface area contributed by atoms with E-state index in [0.29, 0.717) is 0 Å². The van der Waals surface area contributed by atoms with E-state index in [9.17, 15) is 0 Å². The summed E-state index contributed by atoms with van der Waals surface area (Å²) in [5.41, 5.74) is 0. The maximum Gasteiger partial charge on any atom is 0.0226 e. The minimum absolute atomic E-state index is 0.859. The molecule has 0 saturated heterocycles. The average molecular weight is 161 g/mol. The van der Waals surface area contributed by atoms with Gasteiger partial charge in [-0.15, -0.1) is 11.6 Å². The van der Waals surface area contributed by atoms with Gasteiger partial charge in [0.25, 0.3) is 0 Å². The molecule has 0 heterocycles. The van der Waals surface area contributed by atoms with Crippen molar-refractivity contribution in [2.45, 2.75) is 39.0 Å². The number of halogens is 1. The van der Waals surface area contributed by atoms with Crippen LogP contribution in [-0.4, -0.2) is 5.88 Å². The van der Waals surface area contributed by atoms with Crippen molar-refractivity contribution in [1.29, 1.82) is 0 Å². The lowest BCUT2D eigenvalue weighted by molar-refractivity contribution is 0.277. The van der Waals surface area contributed by atoms with Crippen LogP contribution in [0.2, 0.25) is 0 Å². The van der Waals surface area contributed by atoms with Crippen LogP contribution in [0.4, 0.5) is 0 Å². The molecule has 10 heavy (non-hydrogen) atoms. The highest BCUT2D eigenvalue weighted by molar-refractivity contribution is 6.17. The van der Waals surface area contributed by atoms with Crippen molar-refractivity contribution < 1.29 is 0 Å².